The highest BCUT2D eigenvalue weighted by atomic mass is 32.2. The van der Waals surface area contributed by atoms with Gasteiger partial charge < -0.3 is 5.73 Å². The van der Waals surface area contributed by atoms with E-state index in [1.807, 2.05) is 6.26 Å². The minimum Gasteiger partial charge on any atom is -0.384 e. The Morgan fingerprint density at radius 3 is 3.17 bits per heavy atom. The normalized spacial score (nSPS) is 26.1. The van der Waals surface area contributed by atoms with Gasteiger partial charge in [-0.15, -0.1) is 16.9 Å². The number of dihydropyridines is 1. The van der Waals surface area contributed by atoms with Crippen molar-refractivity contribution in [2.45, 2.75) is 6.04 Å². The summed E-state index contributed by atoms with van der Waals surface area (Å²) in [5.74, 6) is 1.07. The smallest absolute Gasteiger partial charge is 0.186 e. The van der Waals surface area contributed by atoms with Crippen LogP contribution in [0.25, 0.3) is 0 Å². The average Bonchev–Trinajstić information content (AvgIpc) is 2.50. The van der Waals surface area contributed by atoms with Gasteiger partial charge in [-0.05, 0) is 17.6 Å². The SMILES string of the molecule is CSC1=CC(N)=NC2=NN=NC12. The zero-order valence-corrected chi connectivity index (χ0v) is 7.25. The van der Waals surface area contributed by atoms with Crippen LogP contribution in [-0.2, 0) is 0 Å². The lowest BCUT2D eigenvalue weighted by atomic mass is 10.2. The molecule has 6 heteroatoms. The van der Waals surface area contributed by atoms with Crippen LogP contribution >= 0.6 is 11.8 Å². The van der Waals surface area contributed by atoms with Crippen molar-refractivity contribution >= 4 is 23.4 Å². The largest absolute Gasteiger partial charge is 0.384 e. The molecule has 62 valence electrons. The maximum Gasteiger partial charge on any atom is 0.186 e. The van der Waals surface area contributed by atoms with E-state index < -0.39 is 0 Å². The number of hydrogen-bond acceptors (Lipinski definition) is 6. The van der Waals surface area contributed by atoms with Gasteiger partial charge in [0.15, 0.2) is 11.9 Å². The summed E-state index contributed by atoms with van der Waals surface area (Å²) in [5, 5.41) is 11.2. The van der Waals surface area contributed by atoms with E-state index >= 15 is 0 Å². The van der Waals surface area contributed by atoms with E-state index in [0.29, 0.717) is 11.7 Å². The number of thioether (sulfide) groups is 1. The van der Waals surface area contributed by atoms with E-state index in [0.717, 1.165) is 4.91 Å². The second kappa shape index (κ2) is 2.71. The third-order valence-corrected chi connectivity index (χ3v) is 2.41. The molecule has 0 spiro atoms. The molecule has 0 aromatic carbocycles. The van der Waals surface area contributed by atoms with E-state index in [9.17, 15) is 0 Å². The summed E-state index contributed by atoms with van der Waals surface area (Å²) in [6.45, 7) is 0. The molecule has 0 radical (unpaired) electrons. The fourth-order valence-electron chi connectivity index (χ4n) is 1.06. The molecule has 0 bridgehead atoms. The van der Waals surface area contributed by atoms with Crippen LogP contribution in [0.2, 0.25) is 0 Å². The minimum absolute atomic E-state index is 0.104. The molecule has 0 aromatic heterocycles. The highest BCUT2D eigenvalue weighted by Crippen LogP contribution is 2.26. The van der Waals surface area contributed by atoms with Gasteiger partial charge in [0.2, 0.25) is 0 Å². The van der Waals surface area contributed by atoms with Crippen LogP contribution in [0.3, 0.4) is 0 Å². The Hall–Kier alpha value is -1.17. The molecule has 2 rings (SSSR count). The number of hydrogen-bond donors (Lipinski definition) is 1. The Kier molecular flexibility index (Phi) is 1.69. The maximum absolute atomic E-state index is 5.55. The molecule has 2 N–H and O–H groups in total. The molecule has 12 heavy (non-hydrogen) atoms. The van der Waals surface area contributed by atoms with Crippen LogP contribution in [-0.4, -0.2) is 24.0 Å². The van der Waals surface area contributed by atoms with Crippen molar-refractivity contribution in [1.29, 1.82) is 0 Å². The quantitative estimate of drug-likeness (QED) is 0.648. The van der Waals surface area contributed by atoms with Crippen LogP contribution < -0.4 is 5.73 Å². The molecular formula is C6H7N5S. The zero-order valence-electron chi connectivity index (χ0n) is 6.43. The molecular weight excluding hydrogens is 174 g/mol. The lowest BCUT2D eigenvalue weighted by Gasteiger charge is -2.12. The Labute approximate surface area is 73.5 Å². The molecule has 0 aliphatic carbocycles. The van der Waals surface area contributed by atoms with Gasteiger partial charge in [-0.1, -0.05) is 0 Å². The number of rotatable bonds is 1. The molecule has 0 saturated heterocycles. The molecule has 0 saturated carbocycles. The fraction of sp³-hybridized carbons (Fsp3) is 0.333. The zero-order chi connectivity index (χ0) is 8.55. The number of amidine groups is 2. The lowest BCUT2D eigenvalue weighted by molar-refractivity contribution is 0.961. The molecule has 1 unspecified atom stereocenters. The van der Waals surface area contributed by atoms with Crippen molar-refractivity contribution in [3.05, 3.63) is 11.0 Å². The van der Waals surface area contributed by atoms with Crippen molar-refractivity contribution in [2.24, 2.45) is 26.2 Å². The van der Waals surface area contributed by atoms with Gasteiger partial charge in [-0.25, -0.2) is 4.99 Å². The first kappa shape index (κ1) is 7.48. The van der Waals surface area contributed by atoms with Crippen LogP contribution in [0.4, 0.5) is 0 Å². The molecule has 2 aliphatic heterocycles. The monoisotopic (exact) mass is 181 g/mol. The van der Waals surface area contributed by atoms with Crippen molar-refractivity contribution < 1.29 is 0 Å². The van der Waals surface area contributed by atoms with Crippen LogP contribution in [0.1, 0.15) is 0 Å². The average molecular weight is 181 g/mol. The second-order valence-corrected chi connectivity index (χ2v) is 3.23. The van der Waals surface area contributed by atoms with Gasteiger partial charge in [0.1, 0.15) is 5.84 Å². The Morgan fingerprint density at radius 2 is 2.42 bits per heavy atom. The summed E-state index contributed by atoms with van der Waals surface area (Å²) >= 11 is 1.59. The van der Waals surface area contributed by atoms with E-state index in [4.69, 9.17) is 5.73 Å². The lowest BCUT2D eigenvalue weighted by Crippen LogP contribution is -2.25. The topological polar surface area (TPSA) is 75.5 Å². The highest BCUT2D eigenvalue weighted by Gasteiger charge is 2.27. The number of nitrogens with two attached hydrogens (primary N) is 1. The molecule has 2 aliphatic rings. The predicted molar refractivity (Wildman–Crippen MR) is 49.3 cm³/mol. The highest BCUT2D eigenvalue weighted by molar-refractivity contribution is 8.02. The van der Waals surface area contributed by atoms with E-state index in [-0.39, 0.29) is 6.04 Å². The summed E-state index contributed by atoms with van der Waals surface area (Å²) in [4.78, 5) is 5.05. The predicted octanol–water partition coefficient (Wildman–Crippen LogP) is 0.752. The van der Waals surface area contributed by atoms with E-state index in [1.165, 1.54) is 0 Å². The van der Waals surface area contributed by atoms with Gasteiger partial charge in [0.05, 0.1) is 0 Å². The maximum atomic E-state index is 5.55. The number of aliphatic imine (C=N–C) groups is 1. The third-order valence-electron chi connectivity index (χ3n) is 1.60. The molecule has 1 atom stereocenters. The first-order valence-corrected chi connectivity index (χ1v) is 4.61. The Balaban J connectivity index is 2.40. The number of fused-ring (bicyclic) bond motifs is 1. The van der Waals surface area contributed by atoms with E-state index in [2.05, 4.69) is 20.4 Å². The van der Waals surface area contributed by atoms with Gasteiger partial charge in [-0.2, -0.15) is 5.11 Å². The Bertz CT molecular complexity index is 327. The molecule has 0 amide bonds. The molecule has 0 aromatic rings. The summed E-state index contributed by atoms with van der Waals surface area (Å²) in [6.07, 6.45) is 3.77. The van der Waals surface area contributed by atoms with Crippen molar-refractivity contribution in [3.63, 3.8) is 0 Å². The summed E-state index contributed by atoms with van der Waals surface area (Å²) in [5.41, 5.74) is 5.55. The number of nitrogens with zero attached hydrogens (tertiary/aromatic N) is 4. The fourth-order valence-corrected chi connectivity index (χ4v) is 1.67. The van der Waals surface area contributed by atoms with Gasteiger partial charge in [0, 0.05) is 4.91 Å². The standard InChI is InChI=1S/C6H7N5S/c1-12-3-2-4(7)8-6-5(3)9-11-10-6/h2,5H,1H3,(H2,7,8,9,10). The van der Waals surface area contributed by atoms with Crippen LogP contribution in [0.15, 0.2) is 31.4 Å². The van der Waals surface area contributed by atoms with Crippen molar-refractivity contribution in [1.82, 2.24) is 0 Å². The van der Waals surface area contributed by atoms with Crippen LogP contribution in [0, 0.1) is 0 Å². The third kappa shape index (κ3) is 1.04. The van der Waals surface area contributed by atoms with Crippen LogP contribution in [0.5, 0.6) is 0 Å². The molecule has 0 fully saturated rings. The molecule has 2 heterocycles. The second-order valence-electron chi connectivity index (χ2n) is 2.35. The summed E-state index contributed by atoms with van der Waals surface area (Å²) in [6, 6.07) is -0.104. The minimum atomic E-state index is -0.104. The van der Waals surface area contributed by atoms with E-state index in [1.54, 1.807) is 17.8 Å². The van der Waals surface area contributed by atoms with Gasteiger partial charge in [0.25, 0.3) is 0 Å². The van der Waals surface area contributed by atoms with Crippen molar-refractivity contribution in [2.75, 3.05) is 6.26 Å². The van der Waals surface area contributed by atoms with Gasteiger partial charge >= 0.3 is 0 Å². The first-order chi connectivity index (χ1) is 5.81. The first-order valence-electron chi connectivity index (χ1n) is 3.38. The summed E-state index contributed by atoms with van der Waals surface area (Å²) in [7, 11) is 0. The van der Waals surface area contributed by atoms with Gasteiger partial charge in [-0.3, -0.25) is 0 Å². The summed E-state index contributed by atoms with van der Waals surface area (Å²) < 4.78 is 0. The Morgan fingerprint density at radius 1 is 1.58 bits per heavy atom. The molecule has 5 nitrogen and oxygen atoms in total. The van der Waals surface area contributed by atoms with Crippen molar-refractivity contribution in [3.8, 4) is 0 Å².